The summed E-state index contributed by atoms with van der Waals surface area (Å²) in [5.74, 6) is -1.76. The van der Waals surface area contributed by atoms with Crippen LogP contribution in [0.5, 0.6) is 0 Å². The highest BCUT2D eigenvalue weighted by molar-refractivity contribution is 9.10. The average molecular weight is 727 g/mol. The van der Waals surface area contributed by atoms with E-state index >= 15 is 0 Å². The number of benzene rings is 1. The summed E-state index contributed by atoms with van der Waals surface area (Å²) in [6.07, 6.45) is 7.12. The predicted octanol–water partition coefficient (Wildman–Crippen LogP) is 4.67. The normalized spacial score (nSPS) is 27.0. The molecule has 258 valence electrons. The van der Waals surface area contributed by atoms with E-state index in [4.69, 9.17) is 14.6 Å². The zero-order chi connectivity index (χ0) is 34.6. The van der Waals surface area contributed by atoms with Crippen LogP contribution in [0.4, 0.5) is 4.79 Å². The first-order valence-electron chi connectivity index (χ1n) is 16.6. The van der Waals surface area contributed by atoms with Gasteiger partial charge in [0.2, 0.25) is 11.8 Å². The number of allylic oxidation sites excluding steroid dienone is 1. The molecule has 3 aliphatic rings. The number of carbonyl (C=O) groups is 4. The molecule has 2 aliphatic heterocycles. The second-order valence-corrected chi connectivity index (χ2v) is 14.5. The molecule has 12 nitrogen and oxygen atoms in total. The molecule has 5 atom stereocenters. The number of halogens is 1. The SMILES string of the molecule is CCOC(=O)[C@@]12CC1/C=C\CCCCC[C@H](NC(=O)OC(C)(C)C)C(=O)N1C[C@H](n3nc(-c4ccccc4)c(Br)cc3=O)C[C@H]1C(=O)N2. The summed E-state index contributed by atoms with van der Waals surface area (Å²) in [6.45, 7) is 7.07. The molecule has 1 saturated carbocycles. The van der Waals surface area contributed by atoms with E-state index in [2.05, 4.69) is 26.6 Å². The molecule has 1 unspecified atom stereocenters. The molecule has 2 fully saturated rings. The second-order valence-electron chi connectivity index (χ2n) is 13.6. The number of fused-ring (bicyclic) bond motifs is 2. The first-order chi connectivity index (χ1) is 22.8. The summed E-state index contributed by atoms with van der Waals surface area (Å²) >= 11 is 3.47. The Kier molecular flexibility index (Phi) is 10.8. The fraction of sp³-hybridized carbons (Fsp3) is 0.543. The lowest BCUT2D eigenvalue weighted by Gasteiger charge is -2.30. The van der Waals surface area contributed by atoms with E-state index in [9.17, 15) is 24.0 Å². The van der Waals surface area contributed by atoms with Crippen LogP contribution in [0.2, 0.25) is 0 Å². The Labute approximate surface area is 288 Å². The molecule has 0 bridgehead atoms. The summed E-state index contributed by atoms with van der Waals surface area (Å²) in [7, 11) is 0. The monoisotopic (exact) mass is 725 g/mol. The first kappa shape index (κ1) is 35.3. The Balaban J connectivity index is 1.52. The Morgan fingerprint density at radius 2 is 1.88 bits per heavy atom. The van der Waals surface area contributed by atoms with Crippen LogP contribution in [0.25, 0.3) is 11.3 Å². The quantitative estimate of drug-likeness (QED) is 0.334. The summed E-state index contributed by atoms with van der Waals surface area (Å²) in [5, 5.41) is 10.4. The number of amides is 3. The van der Waals surface area contributed by atoms with Crippen molar-refractivity contribution in [3.05, 3.63) is 63.4 Å². The average Bonchev–Trinajstić information content (AvgIpc) is 3.53. The van der Waals surface area contributed by atoms with Gasteiger partial charge in [0.05, 0.1) is 17.1 Å². The van der Waals surface area contributed by atoms with Crippen LogP contribution in [-0.4, -0.2) is 74.9 Å². The number of hydrogen-bond donors (Lipinski definition) is 2. The number of nitrogens with one attached hydrogen (secondary N) is 2. The molecule has 3 heterocycles. The molecule has 0 spiro atoms. The van der Waals surface area contributed by atoms with Gasteiger partial charge in [0, 0.05) is 30.5 Å². The van der Waals surface area contributed by atoms with E-state index in [1.165, 1.54) is 15.6 Å². The highest BCUT2D eigenvalue weighted by Crippen LogP contribution is 2.46. The van der Waals surface area contributed by atoms with Gasteiger partial charge in [-0.3, -0.25) is 14.4 Å². The van der Waals surface area contributed by atoms with Gasteiger partial charge in [-0.2, -0.15) is 5.10 Å². The fourth-order valence-corrected chi connectivity index (χ4v) is 6.96. The van der Waals surface area contributed by atoms with Crippen LogP contribution in [0.3, 0.4) is 0 Å². The van der Waals surface area contributed by atoms with Gasteiger partial charge in [-0.25, -0.2) is 14.3 Å². The van der Waals surface area contributed by atoms with Crippen molar-refractivity contribution in [1.29, 1.82) is 0 Å². The maximum atomic E-state index is 14.4. The molecule has 2 N–H and O–H groups in total. The minimum atomic E-state index is -1.24. The van der Waals surface area contributed by atoms with Gasteiger partial charge in [0.25, 0.3) is 5.56 Å². The number of carbonyl (C=O) groups excluding carboxylic acids is 4. The van der Waals surface area contributed by atoms with Gasteiger partial charge in [0.15, 0.2) is 0 Å². The molecule has 48 heavy (non-hydrogen) atoms. The van der Waals surface area contributed by atoms with Crippen LogP contribution in [-0.2, 0) is 23.9 Å². The largest absolute Gasteiger partial charge is 0.464 e. The minimum Gasteiger partial charge on any atom is -0.464 e. The van der Waals surface area contributed by atoms with E-state index < -0.39 is 58.7 Å². The molecule has 0 radical (unpaired) electrons. The number of rotatable bonds is 5. The molecule has 1 aromatic carbocycles. The maximum absolute atomic E-state index is 14.4. The van der Waals surface area contributed by atoms with Crippen molar-refractivity contribution < 1.29 is 28.7 Å². The van der Waals surface area contributed by atoms with Crippen molar-refractivity contribution >= 4 is 39.8 Å². The predicted molar refractivity (Wildman–Crippen MR) is 182 cm³/mol. The molecular formula is C35H44BrN5O7. The van der Waals surface area contributed by atoms with E-state index in [0.29, 0.717) is 29.4 Å². The third-order valence-corrected chi connectivity index (χ3v) is 9.49. The van der Waals surface area contributed by atoms with E-state index in [0.717, 1.165) is 24.8 Å². The summed E-state index contributed by atoms with van der Waals surface area (Å²) in [6, 6.07) is 8.10. The first-order valence-corrected chi connectivity index (χ1v) is 17.4. The Hall–Kier alpha value is -4.00. The van der Waals surface area contributed by atoms with Crippen molar-refractivity contribution in [1.82, 2.24) is 25.3 Å². The van der Waals surface area contributed by atoms with Gasteiger partial charge >= 0.3 is 12.1 Å². The molecule has 1 saturated heterocycles. The van der Waals surface area contributed by atoms with Crippen LogP contribution in [0.15, 0.2) is 57.8 Å². The smallest absolute Gasteiger partial charge is 0.408 e. The lowest BCUT2D eigenvalue weighted by atomic mass is 10.0. The Morgan fingerprint density at radius 1 is 1.12 bits per heavy atom. The highest BCUT2D eigenvalue weighted by Gasteiger charge is 2.62. The van der Waals surface area contributed by atoms with Gasteiger partial charge < -0.3 is 25.0 Å². The summed E-state index contributed by atoms with van der Waals surface area (Å²) in [5.41, 5.74) is -1.11. The third kappa shape index (κ3) is 7.99. The van der Waals surface area contributed by atoms with E-state index in [1.807, 2.05) is 42.5 Å². The number of nitrogens with zero attached hydrogens (tertiary/aromatic N) is 3. The van der Waals surface area contributed by atoms with Crippen molar-refractivity contribution in [2.24, 2.45) is 5.92 Å². The van der Waals surface area contributed by atoms with Crippen molar-refractivity contribution in [3.8, 4) is 11.3 Å². The van der Waals surface area contributed by atoms with E-state index in [-0.39, 0.29) is 25.5 Å². The molecule has 3 amide bonds. The van der Waals surface area contributed by atoms with Gasteiger partial charge in [-0.1, -0.05) is 55.3 Å². The standard InChI is InChI=1S/C35H44BrN5O7/c1-5-47-32(45)35-20-23(35)16-12-7-6-8-13-17-26(37-33(46)48-34(2,3)4)31(44)40-21-24(18-27(40)30(43)38-35)41-28(42)19-25(36)29(39-41)22-14-10-9-11-15-22/h9-12,14-16,19,23-24,26-27H,5-8,13,17-18,20-21H2,1-4H3,(H,37,46)(H,38,43)/b16-12-/t23?,24-,26+,27+,35-/m1/s1. The molecule has 5 rings (SSSR count). The Morgan fingerprint density at radius 3 is 2.58 bits per heavy atom. The lowest BCUT2D eigenvalue weighted by Crippen LogP contribution is -2.56. The van der Waals surface area contributed by atoms with Crippen LogP contribution < -0.4 is 16.2 Å². The number of hydrogen-bond acceptors (Lipinski definition) is 8. The van der Waals surface area contributed by atoms with Gasteiger partial charge in [-0.05, 0) is 69.3 Å². The molecule has 1 aromatic heterocycles. The number of alkyl carbamates (subject to hydrolysis) is 1. The molecule has 13 heteroatoms. The topological polar surface area (TPSA) is 149 Å². The van der Waals surface area contributed by atoms with Crippen LogP contribution in [0.1, 0.15) is 78.7 Å². The van der Waals surface area contributed by atoms with Crippen molar-refractivity contribution in [2.75, 3.05) is 13.2 Å². The molecular weight excluding hydrogens is 682 g/mol. The van der Waals surface area contributed by atoms with Gasteiger partial charge in [0.1, 0.15) is 28.9 Å². The van der Waals surface area contributed by atoms with Gasteiger partial charge in [-0.15, -0.1) is 0 Å². The number of aromatic nitrogens is 2. The summed E-state index contributed by atoms with van der Waals surface area (Å²) < 4.78 is 12.7. The number of ether oxygens (including phenoxy) is 2. The zero-order valence-electron chi connectivity index (χ0n) is 27.9. The van der Waals surface area contributed by atoms with Crippen LogP contribution >= 0.6 is 15.9 Å². The van der Waals surface area contributed by atoms with Crippen molar-refractivity contribution in [3.63, 3.8) is 0 Å². The van der Waals surface area contributed by atoms with Crippen LogP contribution in [0, 0.1) is 5.92 Å². The Bertz CT molecular complexity index is 1620. The minimum absolute atomic E-state index is 0.0120. The fourth-order valence-electron chi connectivity index (χ4n) is 6.45. The zero-order valence-corrected chi connectivity index (χ0v) is 29.5. The summed E-state index contributed by atoms with van der Waals surface area (Å²) in [4.78, 5) is 69.5. The molecule has 1 aliphatic carbocycles. The molecule has 2 aromatic rings. The second kappa shape index (κ2) is 14.6. The van der Waals surface area contributed by atoms with E-state index in [1.54, 1.807) is 27.7 Å². The lowest BCUT2D eigenvalue weighted by molar-refractivity contribution is -0.150. The maximum Gasteiger partial charge on any atom is 0.408 e. The van der Waals surface area contributed by atoms with Crippen molar-refractivity contribution in [2.45, 2.75) is 102 Å². The number of esters is 1. The third-order valence-electron chi connectivity index (χ3n) is 8.89. The highest BCUT2D eigenvalue weighted by atomic mass is 79.9.